The number of nitrogens with one attached hydrogen (secondary N) is 1. The zero-order valence-electron chi connectivity index (χ0n) is 11.7. The molecule has 0 spiro atoms. The van der Waals surface area contributed by atoms with Gasteiger partial charge >= 0.3 is 0 Å². The molecule has 1 fully saturated rings. The van der Waals surface area contributed by atoms with Crippen LogP contribution in [0.2, 0.25) is 0 Å². The standard InChI is InChI=1S/C16H25NO/c1-12-9-16(2,3)10-14(12)17-15(11-18)13-7-5-4-6-8-13/h4-8,12,14-15,17-18H,9-11H2,1-3H3/t12?,14?,15-/m1/s1. The molecule has 2 heteroatoms. The quantitative estimate of drug-likeness (QED) is 0.856. The Morgan fingerprint density at radius 1 is 1.28 bits per heavy atom. The maximum Gasteiger partial charge on any atom is 0.0626 e. The highest BCUT2D eigenvalue weighted by atomic mass is 16.3. The van der Waals surface area contributed by atoms with Gasteiger partial charge in [-0.3, -0.25) is 0 Å². The molecule has 1 aromatic carbocycles. The van der Waals surface area contributed by atoms with Gasteiger partial charge in [-0.15, -0.1) is 0 Å². The van der Waals surface area contributed by atoms with Crippen LogP contribution in [0, 0.1) is 11.3 Å². The number of aliphatic hydroxyl groups excluding tert-OH is 1. The maximum atomic E-state index is 9.59. The second-order valence-electron chi connectivity index (χ2n) is 6.47. The van der Waals surface area contributed by atoms with Crippen molar-refractivity contribution in [2.75, 3.05) is 6.61 Å². The van der Waals surface area contributed by atoms with E-state index in [0.717, 1.165) is 0 Å². The minimum Gasteiger partial charge on any atom is -0.394 e. The molecule has 1 aromatic rings. The van der Waals surface area contributed by atoms with Crippen molar-refractivity contribution in [3.8, 4) is 0 Å². The fraction of sp³-hybridized carbons (Fsp3) is 0.625. The number of hydrogen-bond acceptors (Lipinski definition) is 2. The van der Waals surface area contributed by atoms with Crippen LogP contribution >= 0.6 is 0 Å². The maximum absolute atomic E-state index is 9.59. The van der Waals surface area contributed by atoms with Gasteiger partial charge in [-0.05, 0) is 29.7 Å². The van der Waals surface area contributed by atoms with Crippen LogP contribution in [0.1, 0.15) is 45.2 Å². The van der Waals surface area contributed by atoms with Gasteiger partial charge in [-0.25, -0.2) is 0 Å². The molecule has 0 aromatic heterocycles. The molecule has 2 N–H and O–H groups in total. The van der Waals surface area contributed by atoms with Gasteiger partial charge in [-0.2, -0.15) is 0 Å². The van der Waals surface area contributed by atoms with Crippen molar-refractivity contribution in [1.29, 1.82) is 0 Å². The van der Waals surface area contributed by atoms with Gasteiger partial charge in [0, 0.05) is 6.04 Å². The van der Waals surface area contributed by atoms with Crippen LogP contribution in [0.25, 0.3) is 0 Å². The van der Waals surface area contributed by atoms with Crippen LogP contribution in [0.15, 0.2) is 30.3 Å². The Morgan fingerprint density at radius 3 is 2.44 bits per heavy atom. The van der Waals surface area contributed by atoms with Crippen LogP contribution in [0.3, 0.4) is 0 Å². The summed E-state index contributed by atoms with van der Waals surface area (Å²) >= 11 is 0. The third-order valence-electron chi connectivity index (χ3n) is 4.13. The number of rotatable bonds is 4. The van der Waals surface area contributed by atoms with E-state index < -0.39 is 0 Å². The molecule has 18 heavy (non-hydrogen) atoms. The first-order valence-corrected chi connectivity index (χ1v) is 6.94. The number of hydrogen-bond donors (Lipinski definition) is 2. The summed E-state index contributed by atoms with van der Waals surface area (Å²) in [6.45, 7) is 7.14. The predicted molar refractivity (Wildman–Crippen MR) is 75.4 cm³/mol. The Hall–Kier alpha value is -0.860. The van der Waals surface area contributed by atoms with E-state index in [4.69, 9.17) is 0 Å². The second-order valence-corrected chi connectivity index (χ2v) is 6.47. The van der Waals surface area contributed by atoms with Crippen LogP contribution < -0.4 is 5.32 Å². The first-order chi connectivity index (χ1) is 8.52. The molecule has 2 nitrogen and oxygen atoms in total. The fourth-order valence-electron chi connectivity index (χ4n) is 3.32. The first kappa shape index (κ1) is 13.6. The molecule has 1 aliphatic rings. The van der Waals surface area contributed by atoms with Gasteiger partial charge in [0.05, 0.1) is 12.6 Å². The van der Waals surface area contributed by atoms with Crippen LogP contribution in [-0.4, -0.2) is 17.8 Å². The smallest absolute Gasteiger partial charge is 0.0626 e. The minimum absolute atomic E-state index is 0.0625. The highest BCUT2D eigenvalue weighted by molar-refractivity contribution is 5.19. The van der Waals surface area contributed by atoms with Crippen molar-refractivity contribution in [3.63, 3.8) is 0 Å². The highest BCUT2D eigenvalue weighted by Crippen LogP contribution is 2.41. The summed E-state index contributed by atoms with van der Waals surface area (Å²) in [6, 6.07) is 10.8. The average molecular weight is 247 g/mol. The van der Waals surface area contributed by atoms with Gasteiger partial charge in [0.1, 0.15) is 0 Å². The zero-order valence-corrected chi connectivity index (χ0v) is 11.7. The summed E-state index contributed by atoms with van der Waals surface area (Å²) in [5.41, 5.74) is 1.60. The van der Waals surface area contributed by atoms with Crippen molar-refractivity contribution in [3.05, 3.63) is 35.9 Å². The molecule has 0 bridgehead atoms. The van der Waals surface area contributed by atoms with E-state index in [1.807, 2.05) is 18.2 Å². The van der Waals surface area contributed by atoms with Crippen molar-refractivity contribution < 1.29 is 5.11 Å². The molecule has 100 valence electrons. The summed E-state index contributed by atoms with van der Waals surface area (Å²) in [5.74, 6) is 0.678. The van der Waals surface area contributed by atoms with Crippen molar-refractivity contribution in [1.82, 2.24) is 5.32 Å². The lowest BCUT2D eigenvalue weighted by Crippen LogP contribution is -2.36. The van der Waals surface area contributed by atoms with E-state index in [2.05, 4.69) is 38.2 Å². The molecule has 0 saturated heterocycles. The Bertz CT molecular complexity index is 374. The van der Waals surface area contributed by atoms with Gasteiger partial charge < -0.3 is 10.4 Å². The van der Waals surface area contributed by atoms with E-state index in [1.54, 1.807) is 0 Å². The van der Waals surface area contributed by atoms with Crippen LogP contribution in [0.4, 0.5) is 0 Å². The van der Waals surface area contributed by atoms with E-state index in [9.17, 15) is 5.11 Å². The molecule has 0 radical (unpaired) electrons. The van der Waals surface area contributed by atoms with E-state index >= 15 is 0 Å². The number of benzene rings is 1. The molecule has 2 rings (SSSR count). The topological polar surface area (TPSA) is 32.3 Å². The summed E-state index contributed by atoms with van der Waals surface area (Å²) in [4.78, 5) is 0. The van der Waals surface area contributed by atoms with Crippen molar-refractivity contribution in [2.24, 2.45) is 11.3 Å². The summed E-state index contributed by atoms with van der Waals surface area (Å²) in [5, 5.41) is 13.2. The SMILES string of the molecule is CC1CC(C)(C)CC1N[C@H](CO)c1ccccc1. The lowest BCUT2D eigenvalue weighted by molar-refractivity contribution is 0.223. The third kappa shape index (κ3) is 3.12. The fourth-order valence-corrected chi connectivity index (χ4v) is 3.32. The largest absolute Gasteiger partial charge is 0.394 e. The zero-order chi connectivity index (χ0) is 13.2. The summed E-state index contributed by atoms with van der Waals surface area (Å²) in [6.07, 6.45) is 2.45. The van der Waals surface area contributed by atoms with Gasteiger partial charge in [-0.1, -0.05) is 51.1 Å². The van der Waals surface area contributed by atoms with Gasteiger partial charge in [0.15, 0.2) is 0 Å². The summed E-state index contributed by atoms with van der Waals surface area (Å²) in [7, 11) is 0. The second kappa shape index (κ2) is 5.41. The minimum atomic E-state index is 0.0625. The molecule has 1 saturated carbocycles. The lowest BCUT2D eigenvalue weighted by Gasteiger charge is -2.25. The molecule has 2 unspecified atom stereocenters. The summed E-state index contributed by atoms with van der Waals surface area (Å²) < 4.78 is 0. The first-order valence-electron chi connectivity index (χ1n) is 6.94. The lowest BCUT2D eigenvalue weighted by atomic mass is 9.91. The molecule has 3 atom stereocenters. The molecule has 1 aliphatic carbocycles. The molecule has 0 aliphatic heterocycles. The predicted octanol–water partition coefficient (Wildman–Crippen LogP) is 3.13. The van der Waals surface area contributed by atoms with E-state index in [0.29, 0.717) is 17.4 Å². The van der Waals surface area contributed by atoms with Crippen molar-refractivity contribution >= 4 is 0 Å². The molecular formula is C16H25NO. The Kier molecular flexibility index (Phi) is 4.08. The van der Waals surface area contributed by atoms with Crippen LogP contribution in [-0.2, 0) is 0 Å². The third-order valence-corrected chi connectivity index (χ3v) is 4.13. The number of aliphatic hydroxyl groups is 1. The monoisotopic (exact) mass is 247 g/mol. The highest BCUT2D eigenvalue weighted by Gasteiger charge is 2.37. The van der Waals surface area contributed by atoms with Gasteiger partial charge in [0.25, 0.3) is 0 Å². The molecule has 0 heterocycles. The van der Waals surface area contributed by atoms with Crippen LogP contribution in [0.5, 0.6) is 0 Å². The van der Waals surface area contributed by atoms with Gasteiger partial charge in [0.2, 0.25) is 0 Å². The molecule has 0 amide bonds. The Morgan fingerprint density at radius 2 is 1.94 bits per heavy atom. The van der Waals surface area contributed by atoms with E-state index in [1.165, 1.54) is 18.4 Å². The molecular weight excluding hydrogens is 222 g/mol. The van der Waals surface area contributed by atoms with E-state index in [-0.39, 0.29) is 12.6 Å². The normalized spacial score (nSPS) is 28.2. The average Bonchev–Trinajstić information content (AvgIpc) is 2.60. The van der Waals surface area contributed by atoms with Crippen molar-refractivity contribution in [2.45, 2.75) is 45.7 Å². The Labute approximate surface area is 110 Å². The Balaban J connectivity index is 2.04.